The van der Waals surface area contributed by atoms with Gasteiger partial charge in [0.15, 0.2) is 5.82 Å². The third-order valence-corrected chi connectivity index (χ3v) is 4.37. The van der Waals surface area contributed by atoms with E-state index < -0.39 is 6.10 Å². The van der Waals surface area contributed by atoms with Crippen LogP contribution < -0.4 is 0 Å². The molecule has 0 amide bonds. The first-order valence-corrected chi connectivity index (χ1v) is 7.69. The number of rotatable bonds is 4. The second-order valence-corrected chi connectivity index (χ2v) is 6.23. The number of likely N-dealkylation sites (tertiary alicyclic amines) is 1. The lowest BCUT2D eigenvalue weighted by atomic mass is 10.1. The molecular weight excluding hydrogens is 285 g/mol. The molecule has 0 radical (unpaired) electrons. The summed E-state index contributed by atoms with van der Waals surface area (Å²) in [5, 5.41) is 14.0. The van der Waals surface area contributed by atoms with E-state index in [1.54, 1.807) is 12.1 Å². The molecule has 22 heavy (non-hydrogen) atoms. The van der Waals surface area contributed by atoms with E-state index >= 15 is 0 Å². The van der Waals surface area contributed by atoms with Crippen LogP contribution in [-0.2, 0) is 6.54 Å². The molecule has 1 aromatic heterocycles. The van der Waals surface area contributed by atoms with Gasteiger partial charge in [0.1, 0.15) is 5.82 Å². The van der Waals surface area contributed by atoms with Crippen LogP contribution in [-0.4, -0.2) is 32.8 Å². The molecule has 2 aliphatic rings. The lowest BCUT2D eigenvalue weighted by Gasteiger charge is -2.21. The Morgan fingerprint density at radius 1 is 1.27 bits per heavy atom. The van der Waals surface area contributed by atoms with E-state index in [0.29, 0.717) is 31.3 Å². The second kappa shape index (κ2) is 5.44. The molecule has 6 heteroatoms. The number of aliphatic hydroxyl groups excluding tert-OH is 1. The van der Waals surface area contributed by atoms with Crippen LogP contribution in [0.3, 0.4) is 0 Å². The molecule has 1 aromatic carbocycles. The van der Waals surface area contributed by atoms with Crippen molar-refractivity contribution < 1.29 is 14.0 Å². The van der Waals surface area contributed by atoms with Crippen LogP contribution in [0.5, 0.6) is 0 Å². The summed E-state index contributed by atoms with van der Waals surface area (Å²) in [5.41, 5.74) is 1.00. The molecule has 1 saturated heterocycles. The number of halogens is 1. The minimum absolute atomic E-state index is 0.0694. The molecule has 2 unspecified atom stereocenters. The summed E-state index contributed by atoms with van der Waals surface area (Å²) in [6, 6.07) is 6.37. The van der Waals surface area contributed by atoms with Crippen molar-refractivity contribution in [3.05, 3.63) is 47.4 Å². The van der Waals surface area contributed by atoms with Gasteiger partial charge in [-0.1, -0.05) is 17.3 Å². The van der Waals surface area contributed by atoms with E-state index in [1.807, 2.05) is 0 Å². The summed E-state index contributed by atoms with van der Waals surface area (Å²) in [5.74, 6) is 1.58. The molecule has 1 aliphatic carbocycles. The summed E-state index contributed by atoms with van der Waals surface area (Å²) in [7, 11) is 0. The zero-order valence-corrected chi connectivity index (χ0v) is 12.2. The summed E-state index contributed by atoms with van der Waals surface area (Å²) in [6.07, 6.45) is 2.45. The summed E-state index contributed by atoms with van der Waals surface area (Å²) in [6.45, 7) is 1.19. The number of β-amino-alcohol motifs (C(OH)–C–C–N with tert-alkyl or cyclic N) is 1. The smallest absolute Gasteiger partial charge is 0.244 e. The monoisotopic (exact) mass is 303 g/mol. The normalized spacial score (nSPS) is 25.7. The highest BCUT2D eigenvalue weighted by Crippen LogP contribution is 2.40. The first kappa shape index (κ1) is 13.8. The van der Waals surface area contributed by atoms with Crippen LogP contribution in [0.2, 0.25) is 0 Å². The number of aliphatic hydroxyl groups is 1. The summed E-state index contributed by atoms with van der Waals surface area (Å²) in [4.78, 5) is 6.62. The van der Waals surface area contributed by atoms with Crippen LogP contribution >= 0.6 is 0 Å². The number of hydrogen-bond donors (Lipinski definition) is 1. The van der Waals surface area contributed by atoms with Crippen molar-refractivity contribution in [1.29, 1.82) is 0 Å². The second-order valence-electron chi connectivity index (χ2n) is 6.23. The van der Waals surface area contributed by atoms with E-state index in [1.165, 1.54) is 12.1 Å². The Balaban J connectivity index is 1.52. The molecule has 0 spiro atoms. The molecule has 0 bridgehead atoms. The average molecular weight is 303 g/mol. The number of aromatic nitrogens is 2. The van der Waals surface area contributed by atoms with Crippen molar-refractivity contribution in [1.82, 2.24) is 15.0 Å². The van der Waals surface area contributed by atoms with Crippen molar-refractivity contribution >= 4 is 0 Å². The molecule has 2 atom stereocenters. The zero-order valence-electron chi connectivity index (χ0n) is 12.2. The van der Waals surface area contributed by atoms with Crippen molar-refractivity contribution in [3.8, 4) is 0 Å². The van der Waals surface area contributed by atoms with Gasteiger partial charge in [0.05, 0.1) is 12.1 Å². The highest BCUT2D eigenvalue weighted by Gasteiger charge is 2.37. The highest BCUT2D eigenvalue weighted by atomic mass is 19.1. The summed E-state index contributed by atoms with van der Waals surface area (Å²) >= 11 is 0. The van der Waals surface area contributed by atoms with Gasteiger partial charge in [0, 0.05) is 19.0 Å². The van der Waals surface area contributed by atoms with Crippen LogP contribution in [0.15, 0.2) is 28.8 Å². The van der Waals surface area contributed by atoms with Gasteiger partial charge >= 0.3 is 0 Å². The Morgan fingerprint density at radius 3 is 2.77 bits per heavy atom. The van der Waals surface area contributed by atoms with Gasteiger partial charge in [-0.2, -0.15) is 4.98 Å². The Hall–Kier alpha value is -1.79. The Bertz CT molecular complexity index is 654. The number of nitrogens with zero attached hydrogens (tertiary/aromatic N) is 3. The van der Waals surface area contributed by atoms with E-state index in [4.69, 9.17) is 4.52 Å². The quantitative estimate of drug-likeness (QED) is 0.939. The van der Waals surface area contributed by atoms with Crippen molar-refractivity contribution in [2.75, 3.05) is 6.54 Å². The molecule has 5 nitrogen and oxygen atoms in total. The van der Waals surface area contributed by atoms with Crippen LogP contribution in [0.4, 0.5) is 4.39 Å². The molecule has 1 aliphatic heterocycles. The average Bonchev–Trinajstić information content (AvgIpc) is 3.12. The van der Waals surface area contributed by atoms with Gasteiger partial charge in [-0.25, -0.2) is 4.39 Å². The van der Waals surface area contributed by atoms with Crippen LogP contribution in [0.25, 0.3) is 0 Å². The molecule has 2 heterocycles. The maximum Gasteiger partial charge on any atom is 0.244 e. The van der Waals surface area contributed by atoms with Gasteiger partial charge in [0.25, 0.3) is 0 Å². The van der Waals surface area contributed by atoms with Crippen LogP contribution in [0.1, 0.15) is 48.5 Å². The number of hydrogen-bond acceptors (Lipinski definition) is 5. The Kier molecular flexibility index (Phi) is 3.43. The molecule has 2 aromatic rings. The minimum Gasteiger partial charge on any atom is -0.392 e. The fourth-order valence-corrected chi connectivity index (χ4v) is 3.03. The highest BCUT2D eigenvalue weighted by molar-refractivity contribution is 5.17. The predicted molar refractivity (Wildman–Crippen MR) is 76.4 cm³/mol. The Morgan fingerprint density at radius 2 is 2.05 bits per heavy atom. The lowest BCUT2D eigenvalue weighted by Crippen LogP contribution is -2.24. The molecular formula is C16H18FN3O2. The van der Waals surface area contributed by atoms with Crippen LogP contribution in [0, 0.1) is 5.82 Å². The molecule has 2 fully saturated rings. The Labute approximate surface area is 127 Å². The molecule has 116 valence electrons. The fourth-order valence-electron chi connectivity index (χ4n) is 3.03. The first-order chi connectivity index (χ1) is 10.7. The van der Waals surface area contributed by atoms with Crippen molar-refractivity contribution in [2.24, 2.45) is 0 Å². The van der Waals surface area contributed by atoms with E-state index in [9.17, 15) is 9.50 Å². The van der Waals surface area contributed by atoms with Gasteiger partial charge in [0.2, 0.25) is 5.89 Å². The van der Waals surface area contributed by atoms with E-state index in [-0.39, 0.29) is 11.9 Å². The van der Waals surface area contributed by atoms with Crippen molar-refractivity contribution in [3.63, 3.8) is 0 Å². The predicted octanol–water partition coefficient (Wildman–Crippen LogP) is 2.39. The zero-order chi connectivity index (χ0) is 15.1. The largest absolute Gasteiger partial charge is 0.392 e. The maximum atomic E-state index is 13.0. The first-order valence-electron chi connectivity index (χ1n) is 7.69. The molecule has 1 saturated carbocycles. The van der Waals surface area contributed by atoms with Gasteiger partial charge in [-0.15, -0.1) is 0 Å². The minimum atomic E-state index is -0.401. The van der Waals surface area contributed by atoms with Gasteiger partial charge < -0.3 is 9.63 Å². The van der Waals surface area contributed by atoms with Gasteiger partial charge in [-0.3, -0.25) is 4.90 Å². The SMILES string of the molecule is OC1CC(c2nc(C3CC3)no2)N(Cc2ccc(F)cc2)C1. The van der Waals surface area contributed by atoms with E-state index in [0.717, 1.165) is 24.2 Å². The van der Waals surface area contributed by atoms with Crippen molar-refractivity contribution in [2.45, 2.75) is 43.9 Å². The standard InChI is InChI=1S/C16H18FN3O2/c17-12-5-1-10(2-6-12)8-20-9-13(21)7-14(20)16-18-15(19-22-16)11-3-4-11/h1-2,5-6,11,13-14,21H,3-4,7-9H2. The third kappa shape index (κ3) is 2.76. The van der Waals surface area contributed by atoms with Gasteiger partial charge in [-0.05, 0) is 37.0 Å². The number of benzene rings is 1. The lowest BCUT2D eigenvalue weighted by molar-refractivity contribution is 0.169. The maximum absolute atomic E-state index is 13.0. The molecule has 4 rings (SSSR count). The fraction of sp³-hybridized carbons (Fsp3) is 0.500. The topological polar surface area (TPSA) is 62.4 Å². The third-order valence-electron chi connectivity index (χ3n) is 4.37. The van der Waals surface area contributed by atoms with E-state index in [2.05, 4.69) is 15.0 Å². The molecule has 1 N–H and O–H groups in total. The summed E-state index contributed by atoms with van der Waals surface area (Å²) < 4.78 is 18.4.